The molecule has 2 amide bonds. The van der Waals surface area contributed by atoms with Crippen LogP contribution in [0.5, 0.6) is 0 Å². The van der Waals surface area contributed by atoms with E-state index in [-0.39, 0.29) is 11.8 Å². The molecule has 0 heterocycles. The van der Waals surface area contributed by atoms with Crippen molar-refractivity contribution >= 4 is 29.1 Å². The van der Waals surface area contributed by atoms with Gasteiger partial charge in [0.1, 0.15) is 0 Å². The molecule has 1 fully saturated rings. The molecule has 1 aromatic rings. The van der Waals surface area contributed by atoms with E-state index in [0.717, 1.165) is 24.1 Å². The van der Waals surface area contributed by atoms with Gasteiger partial charge in [0.25, 0.3) is 0 Å². The summed E-state index contributed by atoms with van der Waals surface area (Å²) in [5.74, 6) is -0.0723. The average molecular weight is 323 g/mol. The molecule has 2 rings (SSSR count). The van der Waals surface area contributed by atoms with Crippen molar-refractivity contribution in [2.75, 3.05) is 11.4 Å². The highest BCUT2D eigenvalue weighted by Gasteiger charge is 2.19. The van der Waals surface area contributed by atoms with Crippen LogP contribution < -0.4 is 10.2 Å². The second-order valence-corrected chi connectivity index (χ2v) is 6.34. The SMILES string of the molecule is CC(=O)N(CCC(=O)NC1CCCC1)c1cc(Cl)ccc1C. The van der Waals surface area contributed by atoms with Crippen molar-refractivity contribution in [3.05, 3.63) is 28.8 Å². The summed E-state index contributed by atoms with van der Waals surface area (Å²) in [5.41, 5.74) is 1.74. The largest absolute Gasteiger partial charge is 0.353 e. The first-order chi connectivity index (χ1) is 10.5. The lowest BCUT2D eigenvalue weighted by Crippen LogP contribution is -2.37. The maximum Gasteiger partial charge on any atom is 0.223 e. The maximum absolute atomic E-state index is 12.0. The topological polar surface area (TPSA) is 49.4 Å². The number of anilines is 1. The lowest BCUT2D eigenvalue weighted by Gasteiger charge is -2.23. The van der Waals surface area contributed by atoms with Gasteiger partial charge in [-0.25, -0.2) is 0 Å². The van der Waals surface area contributed by atoms with Gasteiger partial charge in [-0.15, -0.1) is 0 Å². The molecule has 0 radical (unpaired) electrons. The van der Waals surface area contributed by atoms with Gasteiger partial charge in [0.2, 0.25) is 11.8 Å². The van der Waals surface area contributed by atoms with E-state index in [2.05, 4.69) is 5.32 Å². The quantitative estimate of drug-likeness (QED) is 0.902. The van der Waals surface area contributed by atoms with Crippen molar-refractivity contribution in [3.63, 3.8) is 0 Å². The Hall–Kier alpha value is -1.55. The number of aryl methyl sites for hydroxylation is 1. The second kappa shape index (κ2) is 7.63. The summed E-state index contributed by atoms with van der Waals surface area (Å²) in [6.07, 6.45) is 4.81. The number of carbonyl (C=O) groups is 2. The molecule has 0 bridgehead atoms. The fourth-order valence-electron chi connectivity index (χ4n) is 2.90. The number of nitrogens with zero attached hydrogens (tertiary/aromatic N) is 1. The number of hydrogen-bond acceptors (Lipinski definition) is 2. The minimum Gasteiger partial charge on any atom is -0.353 e. The van der Waals surface area contributed by atoms with Gasteiger partial charge in [-0.2, -0.15) is 0 Å². The van der Waals surface area contributed by atoms with Crippen molar-refractivity contribution < 1.29 is 9.59 Å². The van der Waals surface area contributed by atoms with E-state index < -0.39 is 0 Å². The monoisotopic (exact) mass is 322 g/mol. The molecule has 0 aliphatic heterocycles. The van der Waals surface area contributed by atoms with E-state index in [1.807, 2.05) is 13.0 Å². The van der Waals surface area contributed by atoms with Gasteiger partial charge >= 0.3 is 0 Å². The van der Waals surface area contributed by atoms with E-state index in [0.29, 0.717) is 24.0 Å². The molecular weight excluding hydrogens is 300 g/mol. The Morgan fingerprint density at radius 1 is 1.32 bits per heavy atom. The molecule has 1 aliphatic rings. The van der Waals surface area contributed by atoms with Gasteiger partial charge in [0, 0.05) is 36.6 Å². The summed E-state index contributed by atoms with van der Waals surface area (Å²) in [5, 5.41) is 3.63. The molecule has 1 aromatic carbocycles. The molecule has 0 atom stereocenters. The van der Waals surface area contributed by atoms with Crippen molar-refractivity contribution in [1.82, 2.24) is 5.32 Å². The molecule has 0 saturated heterocycles. The molecular formula is C17H23ClN2O2. The molecule has 0 unspecified atom stereocenters. The molecule has 0 aromatic heterocycles. The zero-order valence-electron chi connectivity index (χ0n) is 13.2. The second-order valence-electron chi connectivity index (χ2n) is 5.90. The first-order valence-corrected chi connectivity index (χ1v) is 8.19. The van der Waals surface area contributed by atoms with Crippen LogP contribution in [-0.2, 0) is 9.59 Å². The Labute approximate surface area is 136 Å². The normalized spacial score (nSPS) is 14.9. The maximum atomic E-state index is 12.0. The van der Waals surface area contributed by atoms with E-state index in [1.165, 1.54) is 19.8 Å². The van der Waals surface area contributed by atoms with E-state index in [9.17, 15) is 9.59 Å². The number of amides is 2. The highest BCUT2D eigenvalue weighted by atomic mass is 35.5. The third kappa shape index (κ3) is 4.47. The van der Waals surface area contributed by atoms with Gasteiger partial charge in [-0.05, 0) is 37.5 Å². The standard InChI is InChI=1S/C17H23ClN2O2/c1-12-7-8-14(18)11-16(12)20(13(2)21)10-9-17(22)19-15-5-3-4-6-15/h7-8,11,15H,3-6,9-10H2,1-2H3,(H,19,22). The van der Waals surface area contributed by atoms with Crippen LogP contribution in [0.15, 0.2) is 18.2 Å². The van der Waals surface area contributed by atoms with Gasteiger partial charge in [-0.1, -0.05) is 30.5 Å². The number of carbonyl (C=O) groups excluding carboxylic acids is 2. The third-order valence-corrected chi connectivity index (χ3v) is 4.36. The first kappa shape index (κ1) is 16.8. The van der Waals surface area contributed by atoms with Crippen LogP contribution in [-0.4, -0.2) is 24.4 Å². The van der Waals surface area contributed by atoms with Gasteiger partial charge in [-0.3, -0.25) is 9.59 Å². The van der Waals surface area contributed by atoms with Gasteiger partial charge in [0.05, 0.1) is 0 Å². The summed E-state index contributed by atoms with van der Waals surface area (Å²) in [4.78, 5) is 25.6. The molecule has 0 spiro atoms. The zero-order chi connectivity index (χ0) is 16.1. The molecule has 1 aliphatic carbocycles. The van der Waals surface area contributed by atoms with E-state index >= 15 is 0 Å². The fourth-order valence-corrected chi connectivity index (χ4v) is 3.07. The Morgan fingerprint density at radius 2 is 2.00 bits per heavy atom. The van der Waals surface area contributed by atoms with Crippen LogP contribution in [0.4, 0.5) is 5.69 Å². The number of benzene rings is 1. The van der Waals surface area contributed by atoms with Crippen LogP contribution in [0.1, 0.15) is 44.6 Å². The lowest BCUT2D eigenvalue weighted by molar-refractivity contribution is -0.121. The predicted octanol–water partition coefficient (Wildman–Crippen LogP) is 3.45. The molecule has 22 heavy (non-hydrogen) atoms. The van der Waals surface area contributed by atoms with E-state index in [4.69, 9.17) is 11.6 Å². The minimum absolute atomic E-state index is 0.0119. The Bertz CT molecular complexity index is 554. The average Bonchev–Trinajstić information content (AvgIpc) is 2.95. The molecule has 1 saturated carbocycles. The van der Waals surface area contributed by atoms with Crippen molar-refractivity contribution in [3.8, 4) is 0 Å². The van der Waals surface area contributed by atoms with Gasteiger partial charge in [0.15, 0.2) is 0 Å². The summed E-state index contributed by atoms with van der Waals surface area (Å²) in [6, 6.07) is 5.76. The lowest BCUT2D eigenvalue weighted by atomic mass is 10.1. The summed E-state index contributed by atoms with van der Waals surface area (Å²) >= 11 is 6.02. The third-order valence-electron chi connectivity index (χ3n) is 4.12. The van der Waals surface area contributed by atoms with Crippen molar-refractivity contribution in [1.29, 1.82) is 0 Å². The fraction of sp³-hybridized carbons (Fsp3) is 0.529. The predicted molar refractivity (Wildman–Crippen MR) is 89.2 cm³/mol. The number of halogens is 1. The first-order valence-electron chi connectivity index (χ1n) is 7.81. The summed E-state index contributed by atoms with van der Waals surface area (Å²) < 4.78 is 0. The number of rotatable bonds is 5. The van der Waals surface area contributed by atoms with E-state index in [1.54, 1.807) is 17.0 Å². The molecule has 4 nitrogen and oxygen atoms in total. The van der Waals surface area contributed by atoms with Crippen molar-refractivity contribution in [2.24, 2.45) is 0 Å². The minimum atomic E-state index is -0.0842. The van der Waals surface area contributed by atoms with Crippen LogP contribution in [0.3, 0.4) is 0 Å². The highest BCUT2D eigenvalue weighted by molar-refractivity contribution is 6.31. The van der Waals surface area contributed by atoms with Crippen LogP contribution in [0, 0.1) is 6.92 Å². The molecule has 5 heteroatoms. The smallest absolute Gasteiger partial charge is 0.223 e. The Morgan fingerprint density at radius 3 is 2.64 bits per heavy atom. The van der Waals surface area contributed by atoms with Crippen LogP contribution in [0.2, 0.25) is 5.02 Å². The summed E-state index contributed by atoms with van der Waals surface area (Å²) in [7, 11) is 0. The van der Waals surface area contributed by atoms with Crippen molar-refractivity contribution in [2.45, 2.75) is 52.0 Å². The summed E-state index contributed by atoms with van der Waals surface area (Å²) in [6.45, 7) is 3.81. The zero-order valence-corrected chi connectivity index (χ0v) is 13.9. The number of hydrogen-bond donors (Lipinski definition) is 1. The molecule has 120 valence electrons. The highest BCUT2D eigenvalue weighted by Crippen LogP contribution is 2.25. The van der Waals surface area contributed by atoms with Gasteiger partial charge < -0.3 is 10.2 Å². The Balaban J connectivity index is 1.98. The van der Waals surface area contributed by atoms with Crippen LogP contribution in [0.25, 0.3) is 0 Å². The molecule has 1 N–H and O–H groups in total. The Kier molecular flexibility index (Phi) is 5.83. The number of nitrogens with one attached hydrogen (secondary N) is 1. The van der Waals surface area contributed by atoms with Crippen LogP contribution >= 0.6 is 11.6 Å².